The van der Waals surface area contributed by atoms with E-state index in [4.69, 9.17) is 15.2 Å². The Bertz CT molecular complexity index is 432. The smallest absolute Gasteiger partial charge is 0.318 e. The van der Waals surface area contributed by atoms with Crippen LogP contribution in [0.5, 0.6) is 0 Å². The van der Waals surface area contributed by atoms with Gasteiger partial charge in [0.2, 0.25) is 0 Å². The molecule has 1 aliphatic rings. The zero-order valence-electron chi connectivity index (χ0n) is 9.48. The monoisotopic (exact) mass is 239 g/mol. The quantitative estimate of drug-likeness (QED) is 0.800. The normalized spacial score (nSPS) is 19.2. The molecule has 4 nitrogen and oxygen atoms in total. The third kappa shape index (κ3) is 1.92. The first-order valence-corrected chi connectivity index (χ1v) is 5.27. The van der Waals surface area contributed by atoms with Crippen molar-refractivity contribution in [2.45, 2.75) is 6.04 Å². The number of esters is 1. The molecule has 0 aliphatic carbocycles. The fraction of sp³-hybridized carbons (Fsp3) is 0.417. The SMILES string of the molecule is COC(=O)C1(C(N)c2cccc(F)c2)COC1. The Kier molecular flexibility index (Phi) is 3.13. The molecule has 2 rings (SSSR count). The average Bonchev–Trinajstić information content (AvgIpc) is 2.27. The zero-order valence-corrected chi connectivity index (χ0v) is 9.48. The van der Waals surface area contributed by atoms with E-state index in [1.54, 1.807) is 12.1 Å². The molecule has 1 fully saturated rings. The number of benzene rings is 1. The molecule has 0 radical (unpaired) electrons. The third-order valence-corrected chi connectivity index (χ3v) is 3.11. The number of carbonyl (C=O) groups excluding carboxylic acids is 1. The number of halogens is 1. The van der Waals surface area contributed by atoms with E-state index in [0.29, 0.717) is 5.56 Å². The topological polar surface area (TPSA) is 61.5 Å². The summed E-state index contributed by atoms with van der Waals surface area (Å²) in [5.41, 5.74) is 5.72. The summed E-state index contributed by atoms with van der Waals surface area (Å²) in [6.45, 7) is 0.411. The van der Waals surface area contributed by atoms with Gasteiger partial charge < -0.3 is 15.2 Å². The third-order valence-electron chi connectivity index (χ3n) is 3.11. The Balaban J connectivity index is 2.29. The second-order valence-corrected chi connectivity index (χ2v) is 4.17. The summed E-state index contributed by atoms with van der Waals surface area (Å²) in [6.07, 6.45) is 0. The van der Waals surface area contributed by atoms with E-state index in [9.17, 15) is 9.18 Å². The van der Waals surface area contributed by atoms with Gasteiger partial charge in [-0.1, -0.05) is 12.1 Å². The molecule has 92 valence electrons. The largest absolute Gasteiger partial charge is 0.468 e. The van der Waals surface area contributed by atoms with Crippen LogP contribution in [0.25, 0.3) is 0 Å². The van der Waals surface area contributed by atoms with Crippen LogP contribution in [0, 0.1) is 11.2 Å². The van der Waals surface area contributed by atoms with E-state index < -0.39 is 17.4 Å². The van der Waals surface area contributed by atoms with Crippen LogP contribution in [0.2, 0.25) is 0 Å². The van der Waals surface area contributed by atoms with Crippen molar-refractivity contribution in [2.75, 3.05) is 20.3 Å². The first-order chi connectivity index (χ1) is 8.10. The second kappa shape index (κ2) is 4.43. The predicted octanol–water partition coefficient (Wildman–Crippen LogP) is 1.02. The highest BCUT2D eigenvalue weighted by Gasteiger charge is 2.52. The van der Waals surface area contributed by atoms with Gasteiger partial charge in [-0.25, -0.2) is 4.39 Å². The first-order valence-electron chi connectivity index (χ1n) is 5.27. The molecule has 1 unspecified atom stereocenters. The summed E-state index contributed by atoms with van der Waals surface area (Å²) < 4.78 is 22.9. The number of hydrogen-bond donors (Lipinski definition) is 1. The fourth-order valence-corrected chi connectivity index (χ4v) is 1.97. The number of hydrogen-bond acceptors (Lipinski definition) is 4. The minimum atomic E-state index is -0.886. The van der Waals surface area contributed by atoms with E-state index in [-0.39, 0.29) is 19.0 Å². The van der Waals surface area contributed by atoms with Crippen LogP contribution in [-0.2, 0) is 14.3 Å². The molecule has 1 heterocycles. The average molecular weight is 239 g/mol. The maximum Gasteiger partial charge on any atom is 0.318 e. The van der Waals surface area contributed by atoms with Crippen molar-refractivity contribution < 1.29 is 18.7 Å². The molecule has 1 aliphatic heterocycles. The van der Waals surface area contributed by atoms with Gasteiger partial charge in [0.15, 0.2) is 0 Å². The summed E-state index contributed by atoms with van der Waals surface area (Å²) in [5, 5.41) is 0. The molecule has 0 amide bonds. The van der Waals surface area contributed by atoms with Crippen LogP contribution in [-0.4, -0.2) is 26.3 Å². The lowest BCUT2D eigenvalue weighted by atomic mass is 9.75. The van der Waals surface area contributed by atoms with Crippen molar-refractivity contribution in [3.8, 4) is 0 Å². The summed E-state index contributed by atoms with van der Waals surface area (Å²) in [5.74, 6) is -0.793. The van der Waals surface area contributed by atoms with Crippen LogP contribution in [0.4, 0.5) is 4.39 Å². The van der Waals surface area contributed by atoms with Gasteiger partial charge in [0, 0.05) is 0 Å². The summed E-state index contributed by atoms with van der Waals surface area (Å²) in [7, 11) is 1.31. The first kappa shape index (κ1) is 12.0. The van der Waals surface area contributed by atoms with Gasteiger partial charge in [-0.15, -0.1) is 0 Å². The van der Waals surface area contributed by atoms with Gasteiger partial charge in [0.25, 0.3) is 0 Å². The molecule has 1 saturated heterocycles. The van der Waals surface area contributed by atoms with E-state index in [1.807, 2.05) is 0 Å². The molecule has 1 atom stereocenters. The predicted molar refractivity (Wildman–Crippen MR) is 58.6 cm³/mol. The maximum atomic E-state index is 13.1. The van der Waals surface area contributed by atoms with Gasteiger partial charge in [-0.2, -0.15) is 0 Å². The number of ether oxygens (including phenoxy) is 2. The van der Waals surface area contributed by atoms with Gasteiger partial charge in [0.05, 0.1) is 26.4 Å². The molecule has 1 aromatic rings. The Morgan fingerprint density at radius 1 is 1.59 bits per heavy atom. The van der Waals surface area contributed by atoms with Crippen molar-refractivity contribution >= 4 is 5.97 Å². The van der Waals surface area contributed by atoms with E-state index in [0.717, 1.165) is 0 Å². The van der Waals surface area contributed by atoms with Crippen molar-refractivity contribution in [1.82, 2.24) is 0 Å². The Labute approximate surface area is 98.5 Å². The van der Waals surface area contributed by atoms with Crippen molar-refractivity contribution in [2.24, 2.45) is 11.1 Å². The Hall–Kier alpha value is -1.46. The number of methoxy groups -OCH3 is 1. The molecule has 0 spiro atoms. The van der Waals surface area contributed by atoms with Crippen LogP contribution in [0.15, 0.2) is 24.3 Å². The highest BCUT2D eigenvalue weighted by atomic mass is 19.1. The number of carbonyl (C=O) groups is 1. The van der Waals surface area contributed by atoms with Crippen LogP contribution in [0.3, 0.4) is 0 Å². The Morgan fingerprint density at radius 2 is 2.29 bits per heavy atom. The zero-order chi connectivity index (χ0) is 12.5. The summed E-state index contributed by atoms with van der Waals surface area (Å²) in [6, 6.07) is 5.29. The van der Waals surface area contributed by atoms with Crippen LogP contribution >= 0.6 is 0 Å². The lowest BCUT2D eigenvalue weighted by Crippen LogP contribution is -2.56. The molecule has 0 saturated carbocycles. The van der Waals surface area contributed by atoms with Gasteiger partial charge in [-0.3, -0.25) is 4.79 Å². The molecule has 17 heavy (non-hydrogen) atoms. The minimum Gasteiger partial charge on any atom is -0.468 e. The summed E-state index contributed by atoms with van der Waals surface area (Å²) in [4.78, 5) is 11.7. The standard InChI is InChI=1S/C12H14FNO3/c1-16-11(15)12(6-17-7-12)10(14)8-3-2-4-9(13)5-8/h2-5,10H,6-7,14H2,1H3. The van der Waals surface area contributed by atoms with Crippen molar-refractivity contribution in [3.63, 3.8) is 0 Å². The molecule has 0 aromatic heterocycles. The molecule has 2 N–H and O–H groups in total. The van der Waals surface area contributed by atoms with Crippen molar-refractivity contribution in [1.29, 1.82) is 0 Å². The highest BCUT2D eigenvalue weighted by Crippen LogP contribution is 2.40. The molecule has 5 heteroatoms. The maximum absolute atomic E-state index is 13.1. The van der Waals surface area contributed by atoms with Crippen LogP contribution < -0.4 is 5.73 Å². The van der Waals surface area contributed by atoms with Gasteiger partial charge >= 0.3 is 5.97 Å². The van der Waals surface area contributed by atoms with Gasteiger partial charge in [0.1, 0.15) is 11.2 Å². The summed E-state index contributed by atoms with van der Waals surface area (Å²) >= 11 is 0. The van der Waals surface area contributed by atoms with Crippen molar-refractivity contribution in [3.05, 3.63) is 35.6 Å². The number of rotatable bonds is 3. The fourth-order valence-electron chi connectivity index (χ4n) is 1.97. The number of nitrogens with two attached hydrogens (primary N) is 1. The van der Waals surface area contributed by atoms with E-state index in [2.05, 4.69) is 0 Å². The molecule has 1 aromatic carbocycles. The molecular formula is C12H14FNO3. The molecular weight excluding hydrogens is 225 g/mol. The van der Waals surface area contributed by atoms with E-state index in [1.165, 1.54) is 19.2 Å². The van der Waals surface area contributed by atoms with Crippen LogP contribution in [0.1, 0.15) is 11.6 Å². The lowest BCUT2D eigenvalue weighted by molar-refractivity contribution is -0.188. The van der Waals surface area contributed by atoms with Gasteiger partial charge in [-0.05, 0) is 17.7 Å². The molecule has 0 bridgehead atoms. The highest BCUT2D eigenvalue weighted by molar-refractivity contribution is 5.79. The minimum absolute atomic E-state index is 0.206. The second-order valence-electron chi connectivity index (χ2n) is 4.17. The lowest BCUT2D eigenvalue weighted by Gasteiger charge is -2.42. The Morgan fingerprint density at radius 3 is 2.76 bits per heavy atom. The van der Waals surface area contributed by atoms with E-state index >= 15 is 0 Å².